The Kier molecular flexibility index (Phi) is 27.1. The Hall–Kier alpha value is -3.66. The Bertz CT molecular complexity index is 1630. The monoisotopic (exact) mass is 845 g/mol. The highest BCUT2D eigenvalue weighted by atomic mass is 16.2. The standard InChI is InChI=1S/C58H88N2O2/c1-3-5-7-9-11-13-15-17-19-21-23-25-27-29-31-47-55(61)59-57(53-45-37-41-49-39-33-35-43-51(49)53)58(54-46-38-42-50-40-34-36-44-52(50)54)60-56(62)48-32-30-28-26-24-22-20-18-16-14-12-10-8-6-4-2/h33-46,57-58H,3-32,47-48H2,1-2H3,(H,59,61)(H,60,62)/t57-,58+. The van der Waals surface area contributed by atoms with E-state index < -0.39 is 12.1 Å². The number of rotatable bonds is 37. The molecule has 0 spiro atoms. The van der Waals surface area contributed by atoms with Crippen LogP contribution in [0, 0.1) is 0 Å². The largest absolute Gasteiger partial charge is 0.347 e. The fourth-order valence-electron chi connectivity index (χ4n) is 9.53. The molecule has 4 aromatic carbocycles. The molecule has 0 heterocycles. The third kappa shape index (κ3) is 20.2. The molecule has 62 heavy (non-hydrogen) atoms. The van der Waals surface area contributed by atoms with Gasteiger partial charge in [-0.1, -0.05) is 279 Å². The lowest BCUT2D eigenvalue weighted by atomic mass is 9.87. The van der Waals surface area contributed by atoms with Crippen molar-refractivity contribution in [2.45, 2.75) is 231 Å². The zero-order chi connectivity index (χ0) is 43.7. The predicted molar refractivity (Wildman–Crippen MR) is 269 cm³/mol. The van der Waals surface area contributed by atoms with Crippen LogP contribution in [-0.2, 0) is 9.59 Å². The van der Waals surface area contributed by atoms with Crippen LogP contribution in [0.25, 0.3) is 21.5 Å². The summed E-state index contributed by atoms with van der Waals surface area (Å²) in [5.74, 6) is 0.110. The minimum atomic E-state index is -0.430. The van der Waals surface area contributed by atoms with Crippen molar-refractivity contribution in [3.8, 4) is 0 Å². The highest BCUT2D eigenvalue weighted by molar-refractivity contribution is 5.89. The first-order valence-electron chi connectivity index (χ1n) is 26.2. The molecule has 342 valence electrons. The van der Waals surface area contributed by atoms with E-state index in [1.165, 1.54) is 167 Å². The number of fused-ring (bicyclic) bond motifs is 2. The number of amides is 2. The Morgan fingerprint density at radius 1 is 0.339 bits per heavy atom. The molecular formula is C58H88N2O2. The summed E-state index contributed by atoms with van der Waals surface area (Å²) < 4.78 is 0. The summed E-state index contributed by atoms with van der Waals surface area (Å²) >= 11 is 0. The van der Waals surface area contributed by atoms with E-state index in [1.54, 1.807) is 0 Å². The predicted octanol–water partition coefficient (Wildman–Crippen LogP) is 17.5. The van der Waals surface area contributed by atoms with Crippen molar-refractivity contribution in [2.75, 3.05) is 0 Å². The number of hydrogen-bond acceptors (Lipinski definition) is 2. The van der Waals surface area contributed by atoms with Crippen molar-refractivity contribution in [2.24, 2.45) is 0 Å². The van der Waals surface area contributed by atoms with Gasteiger partial charge in [0.05, 0.1) is 12.1 Å². The topological polar surface area (TPSA) is 58.2 Å². The third-order valence-corrected chi connectivity index (χ3v) is 13.3. The lowest BCUT2D eigenvalue weighted by Gasteiger charge is -2.31. The summed E-state index contributed by atoms with van der Waals surface area (Å²) in [7, 11) is 0. The van der Waals surface area contributed by atoms with Gasteiger partial charge in [0.2, 0.25) is 11.8 Å². The number of carbonyl (C=O) groups is 2. The van der Waals surface area contributed by atoms with Gasteiger partial charge in [-0.05, 0) is 45.5 Å². The number of nitrogens with one attached hydrogen (secondary N) is 2. The molecule has 0 bridgehead atoms. The van der Waals surface area contributed by atoms with E-state index in [1.807, 2.05) is 0 Å². The first-order chi connectivity index (χ1) is 30.6. The van der Waals surface area contributed by atoms with Crippen LogP contribution < -0.4 is 10.6 Å². The van der Waals surface area contributed by atoms with Crippen LogP contribution >= 0.6 is 0 Å². The summed E-state index contributed by atoms with van der Waals surface area (Å²) in [5, 5.41) is 11.5. The van der Waals surface area contributed by atoms with Crippen LogP contribution in [0.15, 0.2) is 84.9 Å². The Morgan fingerprint density at radius 3 is 0.903 bits per heavy atom. The number of benzene rings is 4. The highest BCUT2D eigenvalue weighted by Gasteiger charge is 2.30. The van der Waals surface area contributed by atoms with E-state index in [4.69, 9.17) is 0 Å². The Balaban J connectivity index is 1.30. The van der Waals surface area contributed by atoms with Gasteiger partial charge in [0.1, 0.15) is 0 Å². The maximum Gasteiger partial charge on any atom is 0.220 e. The molecule has 4 nitrogen and oxygen atoms in total. The quantitative estimate of drug-likeness (QED) is 0.0444. The molecule has 4 rings (SSSR count). The van der Waals surface area contributed by atoms with Gasteiger partial charge in [-0.15, -0.1) is 0 Å². The molecule has 2 N–H and O–H groups in total. The molecule has 4 aromatic rings. The second-order valence-corrected chi connectivity index (χ2v) is 18.6. The zero-order valence-electron chi connectivity index (χ0n) is 39.7. The number of hydrogen-bond donors (Lipinski definition) is 2. The highest BCUT2D eigenvalue weighted by Crippen LogP contribution is 2.37. The van der Waals surface area contributed by atoms with Gasteiger partial charge in [0.25, 0.3) is 0 Å². The zero-order valence-corrected chi connectivity index (χ0v) is 39.7. The van der Waals surface area contributed by atoms with Crippen LogP contribution in [0.1, 0.15) is 243 Å². The summed E-state index contributed by atoms with van der Waals surface area (Å²) in [6.45, 7) is 4.57. The van der Waals surface area contributed by atoms with Gasteiger partial charge in [-0.25, -0.2) is 0 Å². The molecule has 0 saturated heterocycles. The normalized spacial score (nSPS) is 12.5. The summed E-state index contributed by atoms with van der Waals surface area (Å²) in [4.78, 5) is 28.0. The van der Waals surface area contributed by atoms with Gasteiger partial charge in [0.15, 0.2) is 0 Å². The minimum absolute atomic E-state index is 0.0551. The molecule has 0 aromatic heterocycles. The summed E-state index contributed by atoms with van der Waals surface area (Å²) in [5.41, 5.74) is 2.08. The van der Waals surface area contributed by atoms with Crippen LogP contribution in [0.3, 0.4) is 0 Å². The van der Waals surface area contributed by atoms with E-state index in [0.717, 1.165) is 58.4 Å². The summed E-state index contributed by atoms with van der Waals surface area (Å²) in [6.07, 6.45) is 40.1. The van der Waals surface area contributed by atoms with Gasteiger partial charge >= 0.3 is 0 Å². The molecular weight excluding hydrogens is 757 g/mol. The molecule has 4 heteroatoms. The van der Waals surface area contributed by atoms with E-state index in [-0.39, 0.29) is 11.8 Å². The molecule has 0 aliphatic rings. The van der Waals surface area contributed by atoms with Crippen LogP contribution in [0.2, 0.25) is 0 Å². The molecule has 2 amide bonds. The van der Waals surface area contributed by atoms with Gasteiger partial charge < -0.3 is 10.6 Å². The average molecular weight is 845 g/mol. The molecule has 0 aliphatic heterocycles. The van der Waals surface area contributed by atoms with Crippen molar-refractivity contribution in [1.29, 1.82) is 0 Å². The van der Waals surface area contributed by atoms with Crippen molar-refractivity contribution in [3.63, 3.8) is 0 Å². The fourth-order valence-corrected chi connectivity index (χ4v) is 9.53. The number of carbonyl (C=O) groups excluding carboxylic acids is 2. The fraction of sp³-hybridized carbons (Fsp3) is 0.621. The first-order valence-corrected chi connectivity index (χ1v) is 26.2. The van der Waals surface area contributed by atoms with E-state index >= 15 is 0 Å². The molecule has 0 saturated carbocycles. The smallest absolute Gasteiger partial charge is 0.220 e. The van der Waals surface area contributed by atoms with Crippen LogP contribution in [-0.4, -0.2) is 11.8 Å². The SMILES string of the molecule is CCCCCCCCCCCCCCCCCC(=O)N[C@H](c1cccc2ccccc12)[C@@H](NC(=O)CCCCCCCCCCCCCCCCC)c1cccc2ccccc12. The minimum Gasteiger partial charge on any atom is -0.347 e. The van der Waals surface area contributed by atoms with Crippen molar-refractivity contribution < 1.29 is 9.59 Å². The Labute approximate surface area is 379 Å². The Morgan fingerprint density at radius 2 is 0.597 bits per heavy atom. The molecule has 2 atom stereocenters. The maximum absolute atomic E-state index is 14.0. The summed E-state index contributed by atoms with van der Waals surface area (Å²) in [6, 6.07) is 28.7. The number of unbranched alkanes of at least 4 members (excludes halogenated alkanes) is 28. The van der Waals surface area contributed by atoms with Gasteiger partial charge in [0, 0.05) is 12.8 Å². The average Bonchev–Trinajstić information content (AvgIpc) is 3.29. The molecule has 0 unspecified atom stereocenters. The van der Waals surface area contributed by atoms with Crippen LogP contribution in [0.4, 0.5) is 0 Å². The third-order valence-electron chi connectivity index (χ3n) is 13.3. The first kappa shape index (κ1) is 51.0. The second kappa shape index (κ2) is 32.9. The van der Waals surface area contributed by atoms with Gasteiger partial charge in [-0.3, -0.25) is 9.59 Å². The molecule has 0 fully saturated rings. The van der Waals surface area contributed by atoms with E-state index in [2.05, 4.69) is 109 Å². The van der Waals surface area contributed by atoms with Gasteiger partial charge in [-0.2, -0.15) is 0 Å². The molecule has 0 radical (unpaired) electrons. The second-order valence-electron chi connectivity index (χ2n) is 18.6. The van der Waals surface area contributed by atoms with Crippen molar-refractivity contribution >= 4 is 33.4 Å². The van der Waals surface area contributed by atoms with E-state index in [0.29, 0.717) is 12.8 Å². The maximum atomic E-state index is 14.0. The lowest BCUT2D eigenvalue weighted by molar-refractivity contribution is -0.124. The molecule has 0 aliphatic carbocycles. The van der Waals surface area contributed by atoms with Crippen molar-refractivity contribution in [3.05, 3.63) is 96.1 Å². The van der Waals surface area contributed by atoms with Crippen LogP contribution in [0.5, 0.6) is 0 Å². The van der Waals surface area contributed by atoms with Crippen molar-refractivity contribution in [1.82, 2.24) is 10.6 Å². The van der Waals surface area contributed by atoms with E-state index in [9.17, 15) is 9.59 Å². The lowest BCUT2D eigenvalue weighted by Crippen LogP contribution is -2.41.